The van der Waals surface area contributed by atoms with Gasteiger partial charge in [0.05, 0.1) is 19.0 Å². The monoisotopic (exact) mass is 506 g/mol. The summed E-state index contributed by atoms with van der Waals surface area (Å²) in [6.45, 7) is 2.06. The van der Waals surface area contributed by atoms with Crippen molar-refractivity contribution in [1.29, 1.82) is 0 Å². The molecule has 1 aliphatic heterocycles. The van der Waals surface area contributed by atoms with Crippen LogP contribution < -0.4 is 25.2 Å². The van der Waals surface area contributed by atoms with Gasteiger partial charge in [-0.2, -0.15) is 4.98 Å². The molecule has 2 amide bonds. The van der Waals surface area contributed by atoms with Crippen molar-refractivity contribution in [3.8, 4) is 5.75 Å². The zero-order valence-corrected chi connectivity index (χ0v) is 22.1. The number of hydrogen-bond acceptors (Lipinski definition) is 7. The van der Waals surface area contributed by atoms with Crippen LogP contribution in [0.1, 0.15) is 81.5 Å². The molecule has 5 rings (SSSR count). The molecule has 0 spiro atoms. The first-order chi connectivity index (χ1) is 18.0. The highest BCUT2D eigenvalue weighted by atomic mass is 16.5. The lowest BCUT2D eigenvalue weighted by Crippen LogP contribution is -2.55. The fraction of sp³-hybridized carbons (Fsp3) is 0.571. The summed E-state index contributed by atoms with van der Waals surface area (Å²) in [7, 11) is 3.39. The van der Waals surface area contributed by atoms with Gasteiger partial charge >= 0.3 is 0 Å². The summed E-state index contributed by atoms with van der Waals surface area (Å²) in [5.41, 5.74) is 1.97. The van der Waals surface area contributed by atoms with E-state index in [1.54, 1.807) is 37.4 Å². The van der Waals surface area contributed by atoms with Crippen molar-refractivity contribution in [2.24, 2.45) is 0 Å². The highest BCUT2D eigenvalue weighted by molar-refractivity contribution is 6.04. The van der Waals surface area contributed by atoms with Crippen molar-refractivity contribution in [1.82, 2.24) is 15.3 Å². The van der Waals surface area contributed by atoms with Crippen molar-refractivity contribution in [2.45, 2.75) is 89.3 Å². The zero-order chi connectivity index (χ0) is 25.9. The van der Waals surface area contributed by atoms with Gasteiger partial charge < -0.3 is 25.2 Å². The molecular formula is C28H38N6O3. The maximum absolute atomic E-state index is 13.1. The lowest BCUT2D eigenvalue weighted by molar-refractivity contribution is -0.120. The fourth-order valence-electron chi connectivity index (χ4n) is 6.02. The molecule has 1 atom stereocenters. The molecule has 2 heterocycles. The third kappa shape index (κ3) is 5.08. The SMILES string of the molecule is CC[C@@H]1C(=O)N(C)c2cnc(Nc3ccc(C(=O)NC4CCCCC4)cc3OC)nc2N1C1CCCC1. The Morgan fingerprint density at radius 1 is 1.11 bits per heavy atom. The minimum absolute atomic E-state index is 0.0766. The zero-order valence-electron chi connectivity index (χ0n) is 22.1. The smallest absolute Gasteiger partial charge is 0.251 e. The average molecular weight is 507 g/mol. The first kappa shape index (κ1) is 25.3. The standard InChI is InChI=1S/C28H38N6O3/c1-4-22-27(36)33(2)23-17-29-28(32-25(23)34(22)20-12-8-9-13-20)31-21-15-14-18(16-24(21)37-3)26(35)30-19-10-6-5-7-11-19/h14-17,19-20,22H,4-13H2,1-3H3,(H,30,35)(H,29,31,32)/t22-/m1/s1. The van der Waals surface area contributed by atoms with Crippen LogP contribution in [0.4, 0.5) is 23.1 Å². The highest BCUT2D eigenvalue weighted by Gasteiger charge is 2.41. The fourth-order valence-corrected chi connectivity index (χ4v) is 6.02. The number of rotatable bonds is 7. The Morgan fingerprint density at radius 3 is 2.54 bits per heavy atom. The predicted octanol–water partition coefficient (Wildman–Crippen LogP) is 4.80. The lowest BCUT2D eigenvalue weighted by Gasteiger charge is -2.43. The summed E-state index contributed by atoms with van der Waals surface area (Å²) in [5.74, 6) is 1.78. The van der Waals surface area contributed by atoms with E-state index in [1.165, 1.54) is 32.1 Å². The van der Waals surface area contributed by atoms with E-state index < -0.39 is 0 Å². The normalized spacial score (nSPS) is 20.6. The van der Waals surface area contributed by atoms with Gasteiger partial charge in [0.25, 0.3) is 5.91 Å². The second-order valence-electron chi connectivity index (χ2n) is 10.4. The van der Waals surface area contributed by atoms with Gasteiger partial charge in [-0.25, -0.2) is 4.98 Å². The van der Waals surface area contributed by atoms with Crippen LogP contribution in [0.5, 0.6) is 5.75 Å². The van der Waals surface area contributed by atoms with E-state index in [9.17, 15) is 9.59 Å². The number of carbonyl (C=O) groups is 2. The number of benzene rings is 1. The van der Waals surface area contributed by atoms with Gasteiger partial charge in [-0.1, -0.05) is 39.0 Å². The van der Waals surface area contributed by atoms with Crippen LogP contribution in [-0.2, 0) is 4.79 Å². The number of amides is 2. The van der Waals surface area contributed by atoms with E-state index in [0.29, 0.717) is 29.0 Å². The molecule has 2 aliphatic carbocycles. The van der Waals surface area contributed by atoms with Crippen LogP contribution in [-0.4, -0.2) is 54.1 Å². The van der Waals surface area contributed by atoms with Crippen molar-refractivity contribution in [2.75, 3.05) is 29.3 Å². The van der Waals surface area contributed by atoms with Gasteiger partial charge in [0.1, 0.15) is 17.5 Å². The Morgan fingerprint density at radius 2 is 1.84 bits per heavy atom. The molecule has 1 aromatic heterocycles. The van der Waals surface area contributed by atoms with Crippen LogP contribution in [0, 0.1) is 0 Å². The topological polar surface area (TPSA) is 99.7 Å². The summed E-state index contributed by atoms with van der Waals surface area (Å²) in [6.07, 6.45) is 12.6. The van der Waals surface area contributed by atoms with E-state index in [4.69, 9.17) is 9.72 Å². The molecule has 0 unspecified atom stereocenters. The van der Waals surface area contributed by atoms with Gasteiger partial charge in [-0.05, 0) is 50.3 Å². The molecule has 2 fully saturated rings. The van der Waals surface area contributed by atoms with Gasteiger partial charge in [0.15, 0.2) is 5.82 Å². The van der Waals surface area contributed by atoms with Crippen LogP contribution in [0.15, 0.2) is 24.4 Å². The maximum atomic E-state index is 13.1. The first-order valence-corrected chi connectivity index (χ1v) is 13.7. The van der Waals surface area contributed by atoms with Crippen LogP contribution in [0.3, 0.4) is 0 Å². The van der Waals surface area contributed by atoms with Crippen molar-refractivity contribution >= 4 is 35.0 Å². The molecule has 2 N–H and O–H groups in total. The molecule has 1 aromatic carbocycles. The van der Waals surface area contributed by atoms with Crippen molar-refractivity contribution < 1.29 is 14.3 Å². The average Bonchev–Trinajstić information content (AvgIpc) is 3.46. The molecule has 0 saturated heterocycles. The Labute approximate surface area is 219 Å². The number of carbonyl (C=O) groups excluding carboxylic acids is 2. The Balaban J connectivity index is 1.40. The summed E-state index contributed by atoms with van der Waals surface area (Å²) < 4.78 is 5.62. The lowest BCUT2D eigenvalue weighted by atomic mass is 9.95. The molecule has 2 saturated carbocycles. The Hall–Kier alpha value is -3.36. The van der Waals surface area contributed by atoms with E-state index in [2.05, 4.69) is 27.4 Å². The van der Waals surface area contributed by atoms with Crippen LogP contribution in [0.25, 0.3) is 0 Å². The second-order valence-corrected chi connectivity index (χ2v) is 10.4. The van der Waals surface area contributed by atoms with Crippen molar-refractivity contribution in [3.05, 3.63) is 30.0 Å². The third-order valence-corrected chi connectivity index (χ3v) is 8.06. The van der Waals surface area contributed by atoms with Crippen LogP contribution >= 0.6 is 0 Å². The number of nitrogens with one attached hydrogen (secondary N) is 2. The minimum atomic E-state index is -0.222. The predicted molar refractivity (Wildman–Crippen MR) is 145 cm³/mol. The number of anilines is 4. The second kappa shape index (κ2) is 10.9. The van der Waals surface area contributed by atoms with E-state index >= 15 is 0 Å². The third-order valence-electron chi connectivity index (χ3n) is 8.06. The number of ether oxygens (including phenoxy) is 1. The van der Waals surface area contributed by atoms with Gasteiger partial charge in [0, 0.05) is 24.7 Å². The molecule has 0 bridgehead atoms. The van der Waals surface area contributed by atoms with Gasteiger partial charge in [0.2, 0.25) is 11.9 Å². The summed E-state index contributed by atoms with van der Waals surface area (Å²) in [5, 5.41) is 6.44. The summed E-state index contributed by atoms with van der Waals surface area (Å²) in [6, 6.07) is 5.71. The van der Waals surface area contributed by atoms with Crippen LogP contribution in [0.2, 0.25) is 0 Å². The number of hydrogen-bond donors (Lipinski definition) is 2. The van der Waals surface area contributed by atoms with Gasteiger partial charge in [-0.3, -0.25) is 9.59 Å². The molecule has 3 aliphatic rings. The van der Waals surface area contributed by atoms with E-state index in [0.717, 1.165) is 43.6 Å². The van der Waals surface area contributed by atoms with E-state index in [1.807, 2.05) is 6.07 Å². The molecule has 2 aromatic rings. The number of aromatic nitrogens is 2. The molecule has 9 heteroatoms. The number of nitrogens with zero attached hydrogens (tertiary/aromatic N) is 4. The quantitative estimate of drug-likeness (QED) is 0.557. The highest BCUT2D eigenvalue weighted by Crippen LogP contribution is 2.40. The Bertz CT molecular complexity index is 1140. The molecule has 37 heavy (non-hydrogen) atoms. The number of methoxy groups -OCH3 is 1. The largest absolute Gasteiger partial charge is 0.495 e. The summed E-state index contributed by atoms with van der Waals surface area (Å²) in [4.78, 5) is 39.3. The van der Waals surface area contributed by atoms with E-state index in [-0.39, 0.29) is 23.9 Å². The summed E-state index contributed by atoms with van der Waals surface area (Å²) >= 11 is 0. The van der Waals surface area contributed by atoms with Gasteiger partial charge in [-0.15, -0.1) is 0 Å². The minimum Gasteiger partial charge on any atom is -0.495 e. The molecule has 198 valence electrons. The molecular weight excluding hydrogens is 468 g/mol. The molecule has 9 nitrogen and oxygen atoms in total. The maximum Gasteiger partial charge on any atom is 0.251 e. The van der Waals surface area contributed by atoms with Crippen molar-refractivity contribution in [3.63, 3.8) is 0 Å². The first-order valence-electron chi connectivity index (χ1n) is 13.7. The number of fused-ring (bicyclic) bond motifs is 1. The molecule has 0 radical (unpaired) electrons. The number of likely N-dealkylation sites (N-methyl/N-ethyl adjacent to an activating group) is 1. The Kier molecular flexibility index (Phi) is 7.48.